The second-order valence-corrected chi connectivity index (χ2v) is 10.4. The standard InChI is InChI=1S/C22H20F6N2O6S/c23-21(24,25)35-15-7-5-14(6-8-15)30-12-10-20(19(30)32)9-11-29(13-18(20)31)37(33,34)17-4-2-1-3-16(17)36-22(26,27)28/h1-8,18,31H,9-13H2. The van der Waals surface area contributed by atoms with E-state index in [2.05, 4.69) is 9.47 Å². The summed E-state index contributed by atoms with van der Waals surface area (Å²) in [6.07, 6.45) is -11.5. The number of β-amino-alcohol motifs (C(OH)–C–C–N with tert-alkyl or cyclic N) is 1. The van der Waals surface area contributed by atoms with Gasteiger partial charge in [-0.05, 0) is 49.2 Å². The molecule has 8 nitrogen and oxygen atoms in total. The molecule has 1 amide bonds. The smallest absolute Gasteiger partial charge is 0.406 e. The van der Waals surface area contributed by atoms with E-state index in [1.165, 1.54) is 29.2 Å². The van der Waals surface area contributed by atoms with Gasteiger partial charge < -0.3 is 19.5 Å². The van der Waals surface area contributed by atoms with Gasteiger partial charge in [-0.3, -0.25) is 4.79 Å². The van der Waals surface area contributed by atoms with Crippen LogP contribution in [0.2, 0.25) is 0 Å². The summed E-state index contributed by atoms with van der Waals surface area (Å²) >= 11 is 0. The molecule has 2 aliphatic rings. The molecule has 15 heteroatoms. The number of piperidine rings is 1. The number of ether oxygens (including phenoxy) is 2. The average molecular weight is 554 g/mol. The summed E-state index contributed by atoms with van der Waals surface area (Å²) in [5, 5.41) is 10.9. The maximum atomic E-state index is 13.3. The summed E-state index contributed by atoms with van der Waals surface area (Å²) in [6, 6.07) is 8.77. The monoisotopic (exact) mass is 554 g/mol. The van der Waals surface area contributed by atoms with Crippen LogP contribution in [0.4, 0.5) is 32.0 Å². The van der Waals surface area contributed by atoms with Gasteiger partial charge in [0.2, 0.25) is 15.9 Å². The van der Waals surface area contributed by atoms with E-state index in [9.17, 15) is 44.7 Å². The van der Waals surface area contributed by atoms with Crippen LogP contribution < -0.4 is 14.4 Å². The quantitative estimate of drug-likeness (QED) is 0.567. The minimum Gasteiger partial charge on any atom is -0.406 e. The normalized spacial score (nSPS) is 23.5. The molecule has 37 heavy (non-hydrogen) atoms. The van der Waals surface area contributed by atoms with E-state index in [0.717, 1.165) is 28.6 Å². The van der Waals surface area contributed by atoms with Crippen LogP contribution in [0.3, 0.4) is 0 Å². The number of carbonyl (C=O) groups excluding carboxylic acids is 1. The van der Waals surface area contributed by atoms with Gasteiger partial charge in [0.1, 0.15) is 16.4 Å². The Labute approximate surface area is 207 Å². The largest absolute Gasteiger partial charge is 0.573 e. The zero-order valence-corrected chi connectivity index (χ0v) is 19.6. The zero-order valence-electron chi connectivity index (χ0n) is 18.8. The number of amides is 1. The number of anilines is 1. The van der Waals surface area contributed by atoms with E-state index in [1.807, 2.05) is 0 Å². The molecule has 202 valence electrons. The fraction of sp³-hybridized carbons (Fsp3) is 0.409. The highest BCUT2D eigenvalue weighted by Gasteiger charge is 2.55. The van der Waals surface area contributed by atoms with Crippen LogP contribution in [-0.4, -0.2) is 62.2 Å². The summed E-state index contributed by atoms with van der Waals surface area (Å²) in [4.78, 5) is 13.8. The van der Waals surface area contributed by atoms with Gasteiger partial charge in [-0.25, -0.2) is 8.42 Å². The first kappa shape index (κ1) is 27.0. The lowest BCUT2D eigenvalue weighted by molar-refractivity contribution is -0.276. The second-order valence-electron chi connectivity index (χ2n) is 8.53. The fourth-order valence-corrected chi connectivity index (χ4v) is 6.14. The number of halogens is 6. The van der Waals surface area contributed by atoms with Crippen molar-refractivity contribution in [3.8, 4) is 11.5 Å². The molecule has 2 atom stereocenters. The molecule has 2 aliphatic heterocycles. The van der Waals surface area contributed by atoms with Gasteiger partial charge in [-0.2, -0.15) is 4.31 Å². The van der Waals surface area contributed by atoms with Gasteiger partial charge in [0.15, 0.2) is 0 Å². The highest BCUT2D eigenvalue weighted by molar-refractivity contribution is 7.89. The average Bonchev–Trinajstić information content (AvgIpc) is 3.11. The Morgan fingerprint density at radius 1 is 0.892 bits per heavy atom. The molecule has 2 saturated heterocycles. The van der Waals surface area contributed by atoms with Crippen molar-refractivity contribution >= 4 is 21.6 Å². The number of aliphatic hydroxyl groups is 1. The zero-order chi connectivity index (χ0) is 27.2. The molecule has 0 aromatic heterocycles. The molecule has 1 spiro atoms. The van der Waals surface area contributed by atoms with Crippen molar-refractivity contribution in [2.75, 3.05) is 24.5 Å². The summed E-state index contributed by atoms with van der Waals surface area (Å²) in [7, 11) is -4.53. The van der Waals surface area contributed by atoms with Crippen LogP contribution in [0.5, 0.6) is 11.5 Å². The first-order chi connectivity index (χ1) is 17.1. The van der Waals surface area contributed by atoms with E-state index in [4.69, 9.17) is 0 Å². The number of para-hydroxylation sites is 1. The predicted octanol–water partition coefficient (Wildman–Crippen LogP) is 3.66. The summed E-state index contributed by atoms with van der Waals surface area (Å²) in [6.45, 7) is -0.706. The number of sulfonamides is 1. The van der Waals surface area contributed by atoms with Crippen molar-refractivity contribution in [3.63, 3.8) is 0 Å². The third kappa shape index (κ3) is 5.48. The van der Waals surface area contributed by atoms with E-state index >= 15 is 0 Å². The highest BCUT2D eigenvalue weighted by Crippen LogP contribution is 2.45. The van der Waals surface area contributed by atoms with E-state index < -0.39 is 63.1 Å². The topological polar surface area (TPSA) is 96.4 Å². The van der Waals surface area contributed by atoms with Crippen molar-refractivity contribution < 1.29 is 54.1 Å². The van der Waals surface area contributed by atoms with Crippen LogP contribution in [0, 0.1) is 5.41 Å². The van der Waals surface area contributed by atoms with E-state index in [-0.39, 0.29) is 31.6 Å². The number of hydrogen-bond donors (Lipinski definition) is 1. The van der Waals surface area contributed by atoms with E-state index in [0.29, 0.717) is 0 Å². The summed E-state index contributed by atoms with van der Waals surface area (Å²) in [5.74, 6) is -1.95. The molecule has 0 saturated carbocycles. The molecule has 1 N–H and O–H groups in total. The minimum absolute atomic E-state index is 0.115. The van der Waals surface area contributed by atoms with Crippen LogP contribution in [0.1, 0.15) is 12.8 Å². The van der Waals surface area contributed by atoms with Gasteiger partial charge in [0.25, 0.3) is 0 Å². The predicted molar refractivity (Wildman–Crippen MR) is 115 cm³/mol. The molecule has 2 unspecified atom stereocenters. The number of rotatable bonds is 5. The van der Waals surface area contributed by atoms with Crippen molar-refractivity contribution in [2.45, 2.75) is 36.6 Å². The Balaban J connectivity index is 1.51. The maximum Gasteiger partial charge on any atom is 0.573 e. The number of alkyl halides is 6. The second kappa shape index (κ2) is 9.36. The molecule has 0 radical (unpaired) electrons. The fourth-order valence-electron chi connectivity index (χ4n) is 4.58. The highest BCUT2D eigenvalue weighted by atomic mass is 32.2. The molecular formula is C22H20F6N2O6S. The lowest BCUT2D eigenvalue weighted by atomic mass is 9.75. The SMILES string of the molecule is O=C1N(c2ccc(OC(F)(F)F)cc2)CCC12CCN(S(=O)(=O)c1ccccc1OC(F)(F)F)CC2O. The Bertz CT molecular complexity index is 1270. The molecule has 2 fully saturated rings. The number of aliphatic hydroxyl groups excluding tert-OH is 1. The van der Waals surface area contributed by atoms with Crippen molar-refractivity contribution in [1.29, 1.82) is 0 Å². The lowest BCUT2D eigenvalue weighted by Crippen LogP contribution is -2.55. The van der Waals surface area contributed by atoms with Crippen molar-refractivity contribution in [2.24, 2.45) is 5.41 Å². The number of hydrogen-bond acceptors (Lipinski definition) is 6. The molecular weight excluding hydrogens is 534 g/mol. The van der Waals surface area contributed by atoms with Gasteiger partial charge in [-0.15, -0.1) is 26.3 Å². The van der Waals surface area contributed by atoms with Gasteiger partial charge in [0.05, 0.1) is 11.5 Å². The maximum absolute atomic E-state index is 13.3. The first-order valence-electron chi connectivity index (χ1n) is 10.8. The number of nitrogens with zero attached hydrogens (tertiary/aromatic N) is 2. The lowest BCUT2D eigenvalue weighted by Gasteiger charge is -2.41. The van der Waals surface area contributed by atoms with Gasteiger partial charge in [0, 0.05) is 25.3 Å². The Hall–Kier alpha value is -3.04. The minimum atomic E-state index is -5.13. The molecule has 2 aromatic carbocycles. The van der Waals surface area contributed by atoms with Crippen LogP contribution in [0.25, 0.3) is 0 Å². The number of carbonyl (C=O) groups is 1. The third-order valence-electron chi connectivity index (χ3n) is 6.35. The molecule has 4 rings (SSSR count). The van der Waals surface area contributed by atoms with E-state index in [1.54, 1.807) is 0 Å². The molecule has 0 aliphatic carbocycles. The Kier molecular flexibility index (Phi) is 6.84. The Morgan fingerprint density at radius 3 is 2.08 bits per heavy atom. The third-order valence-corrected chi connectivity index (χ3v) is 8.25. The molecule has 0 bridgehead atoms. The summed E-state index contributed by atoms with van der Waals surface area (Å²) in [5.41, 5.74) is -1.10. The Morgan fingerprint density at radius 2 is 1.49 bits per heavy atom. The number of benzene rings is 2. The summed E-state index contributed by atoms with van der Waals surface area (Å²) < 4.78 is 110. The van der Waals surface area contributed by atoms with Gasteiger partial charge >= 0.3 is 12.7 Å². The van der Waals surface area contributed by atoms with Gasteiger partial charge in [-0.1, -0.05) is 12.1 Å². The van der Waals surface area contributed by atoms with Crippen molar-refractivity contribution in [3.05, 3.63) is 48.5 Å². The van der Waals surface area contributed by atoms with Crippen LogP contribution in [0.15, 0.2) is 53.4 Å². The van der Waals surface area contributed by atoms with Crippen LogP contribution in [-0.2, 0) is 14.8 Å². The van der Waals surface area contributed by atoms with Crippen molar-refractivity contribution in [1.82, 2.24) is 4.31 Å². The molecule has 2 heterocycles. The molecule has 2 aromatic rings. The first-order valence-corrected chi connectivity index (χ1v) is 12.3. The van der Waals surface area contributed by atoms with Crippen LogP contribution >= 0.6 is 0 Å².